The van der Waals surface area contributed by atoms with Crippen LogP contribution in [0.3, 0.4) is 0 Å². The smallest absolute Gasteiger partial charge is 0.243 e. The Bertz CT molecular complexity index is 620. The average Bonchev–Trinajstić information content (AvgIpc) is 2.89. The molecule has 21 heavy (non-hydrogen) atoms. The van der Waals surface area contributed by atoms with E-state index in [1.54, 1.807) is 0 Å². The molecule has 1 heterocycles. The van der Waals surface area contributed by atoms with Gasteiger partial charge in [-0.05, 0) is 25.1 Å². The largest absolute Gasteiger partial charge is 0.338 e. The van der Waals surface area contributed by atoms with Crippen LogP contribution in [0.15, 0.2) is 22.7 Å². The van der Waals surface area contributed by atoms with Crippen molar-refractivity contribution in [3.05, 3.63) is 47.1 Å². The molecule has 4 nitrogen and oxygen atoms in total. The van der Waals surface area contributed by atoms with Crippen LogP contribution in [0.2, 0.25) is 0 Å². The fraction of sp³-hybridized carbons (Fsp3) is 0.467. The van der Waals surface area contributed by atoms with Gasteiger partial charge in [-0.3, -0.25) is 0 Å². The van der Waals surface area contributed by atoms with Crippen LogP contribution in [-0.2, 0) is 12.0 Å². The molecule has 0 aliphatic carbocycles. The van der Waals surface area contributed by atoms with Crippen molar-refractivity contribution in [2.24, 2.45) is 0 Å². The first-order chi connectivity index (χ1) is 9.77. The monoisotopic (exact) mass is 295 g/mol. The molecule has 0 amide bonds. The normalized spacial score (nSPS) is 13.4. The Morgan fingerprint density at radius 2 is 2.00 bits per heavy atom. The Kier molecular flexibility index (Phi) is 4.37. The third-order valence-electron chi connectivity index (χ3n) is 3.09. The first kappa shape index (κ1) is 15.6. The van der Waals surface area contributed by atoms with Crippen molar-refractivity contribution in [1.82, 2.24) is 15.5 Å². The SMILES string of the molecule is CC(NCc1cc(F)ccc1F)c1nc(C(C)(C)C)no1. The van der Waals surface area contributed by atoms with Crippen molar-refractivity contribution >= 4 is 0 Å². The van der Waals surface area contributed by atoms with Crippen molar-refractivity contribution in [3.63, 3.8) is 0 Å². The maximum atomic E-state index is 13.5. The summed E-state index contributed by atoms with van der Waals surface area (Å²) in [6.07, 6.45) is 0. The highest BCUT2D eigenvalue weighted by Gasteiger charge is 2.23. The second kappa shape index (κ2) is 5.89. The van der Waals surface area contributed by atoms with Crippen molar-refractivity contribution in [3.8, 4) is 0 Å². The van der Waals surface area contributed by atoms with Gasteiger partial charge in [0, 0.05) is 17.5 Å². The number of nitrogens with zero attached hydrogens (tertiary/aromatic N) is 2. The van der Waals surface area contributed by atoms with Crippen LogP contribution in [0.5, 0.6) is 0 Å². The number of rotatable bonds is 4. The molecule has 0 saturated carbocycles. The first-order valence-electron chi connectivity index (χ1n) is 6.79. The van der Waals surface area contributed by atoms with E-state index in [9.17, 15) is 8.78 Å². The van der Waals surface area contributed by atoms with Crippen LogP contribution in [0.25, 0.3) is 0 Å². The highest BCUT2D eigenvalue weighted by Crippen LogP contribution is 2.21. The van der Waals surface area contributed by atoms with E-state index in [-0.39, 0.29) is 23.6 Å². The van der Waals surface area contributed by atoms with Crippen molar-refractivity contribution < 1.29 is 13.3 Å². The molecule has 114 valence electrons. The molecule has 1 aromatic heterocycles. The van der Waals surface area contributed by atoms with Gasteiger partial charge in [-0.2, -0.15) is 4.98 Å². The zero-order chi connectivity index (χ0) is 15.6. The quantitative estimate of drug-likeness (QED) is 0.938. The third kappa shape index (κ3) is 3.85. The minimum Gasteiger partial charge on any atom is -0.338 e. The van der Waals surface area contributed by atoms with Gasteiger partial charge in [-0.1, -0.05) is 25.9 Å². The molecule has 0 spiro atoms. The molecule has 0 bridgehead atoms. The van der Waals surface area contributed by atoms with Gasteiger partial charge in [-0.25, -0.2) is 8.78 Å². The van der Waals surface area contributed by atoms with Crippen molar-refractivity contribution in [2.75, 3.05) is 0 Å². The lowest BCUT2D eigenvalue weighted by molar-refractivity contribution is 0.330. The molecule has 2 rings (SSSR count). The van der Waals surface area contributed by atoms with E-state index in [0.29, 0.717) is 11.7 Å². The molecular formula is C15H19F2N3O. The molecule has 0 fully saturated rings. The number of nitrogens with one attached hydrogen (secondary N) is 1. The molecule has 2 aromatic rings. The van der Waals surface area contributed by atoms with Gasteiger partial charge in [0.15, 0.2) is 5.82 Å². The topological polar surface area (TPSA) is 51.0 Å². The van der Waals surface area contributed by atoms with Crippen LogP contribution in [0, 0.1) is 11.6 Å². The van der Waals surface area contributed by atoms with Crippen LogP contribution >= 0.6 is 0 Å². The molecule has 1 unspecified atom stereocenters. The standard InChI is InChI=1S/C15H19F2N3O/c1-9(13-19-14(20-21-13)15(2,3)4)18-8-10-7-11(16)5-6-12(10)17/h5-7,9,18H,8H2,1-4H3. The van der Waals surface area contributed by atoms with Crippen molar-refractivity contribution in [1.29, 1.82) is 0 Å². The summed E-state index contributed by atoms with van der Waals surface area (Å²) >= 11 is 0. The van der Waals surface area contributed by atoms with E-state index in [1.807, 2.05) is 27.7 Å². The second-order valence-corrected chi connectivity index (χ2v) is 6.04. The van der Waals surface area contributed by atoms with Gasteiger partial charge in [0.05, 0.1) is 6.04 Å². The van der Waals surface area contributed by atoms with Gasteiger partial charge in [0.2, 0.25) is 5.89 Å². The van der Waals surface area contributed by atoms with Gasteiger partial charge < -0.3 is 9.84 Å². The second-order valence-electron chi connectivity index (χ2n) is 6.04. The molecule has 0 saturated heterocycles. The Hall–Kier alpha value is -1.82. The highest BCUT2D eigenvalue weighted by atomic mass is 19.1. The van der Waals surface area contributed by atoms with E-state index in [4.69, 9.17) is 4.52 Å². The van der Waals surface area contributed by atoms with E-state index < -0.39 is 11.6 Å². The predicted octanol–water partition coefficient (Wildman–Crippen LogP) is 3.50. The minimum atomic E-state index is -0.464. The zero-order valence-electron chi connectivity index (χ0n) is 12.6. The van der Waals surface area contributed by atoms with Crippen LogP contribution < -0.4 is 5.32 Å². The minimum absolute atomic E-state index is 0.179. The summed E-state index contributed by atoms with van der Waals surface area (Å²) in [5, 5.41) is 6.98. The fourth-order valence-corrected chi connectivity index (χ4v) is 1.74. The summed E-state index contributed by atoms with van der Waals surface area (Å²) in [5.41, 5.74) is 0.0632. The summed E-state index contributed by atoms with van der Waals surface area (Å²) in [7, 11) is 0. The Labute approximate surface area is 122 Å². The zero-order valence-corrected chi connectivity index (χ0v) is 12.6. The molecule has 1 aromatic carbocycles. The Balaban J connectivity index is 2.03. The fourth-order valence-electron chi connectivity index (χ4n) is 1.74. The van der Waals surface area contributed by atoms with E-state index in [2.05, 4.69) is 15.5 Å². The molecule has 6 heteroatoms. The number of aromatic nitrogens is 2. The van der Waals surface area contributed by atoms with Crippen LogP contribution in [-0.4, -0.2) is 10.1 Å². The molecule has 0 radical (unpaired) electrons. The number of benzene rings is 1. The average molecular weight is 295 g/mol. The van der Waals surface area contributed by atoms with Gasteiger partial charge in [0.25, 0.3) is 0 Å². The maximum Gasteiger partial charge on any atom is 0.243 e. The van der Waals surface area contributed by atoms with Gasteiger partial charge in [0.1, 0.15) is 11.6 Å². The highest BCUT2D eigenvalue weighted by molar-refractivity contribution is 5.18. The van der Waals surface area contributed by atoms with E-state index in [0.717, 1.165) is 12.1 Å². The number of hydrogen-bond acceptors (Lipinski definition) is 4. The third-order valence-corrected chi connectivity index (χ3v) is 3.09. The van der Waals surface area contributed by atoms with Gasteiger partial charge in [-0.15, -0.1) is 0 Å². The molecule has 0 aliphatic heterocycles. The lowest BCUT2D eigenvalue weighted by Crippen LogP contribution is -2.20. The molecule has 1 atom stereocenters. The molecular weight excluding hydrogens is 276 g/mol. The lowest BCUT2D eigenvalue weighted by Gasteiger charge is -2.12. The Morgan fingerprint density at radius 1 is 1.29 bits per heavy atom. The van der Waals surface area contributed by atoms with E-state index >= 15 is 0 Å². The summed E-state index contributed by atoms with van der Waals surface area (Å²) in [6, 6.07) is 3.12. The predicted molar refractivity (Wildman–Crippen MR) is 74.6 cm³/mol. The first-order valence-corrected chi connectivity index (χ1v) is 6.79. The number of hydrogen-bond donors (Lipinski definition) is 1. The summed E-state index contributed by atoms with van der Waals surface area (Å²) in [6.45, 7) is 7.97. The van der Waals surface area contributed by atoms with Crippen LogP contribution in [0.4, 0.5) is 8.78 Å². The molecule has 1 N–H and O–H groups in total. The summed E-state index contributed by atoms with van der Waals surface area (Å²) in [5.74, 6) is 0.130. The molecule has 0 aliphatic rings. The van der Waals surface area contributed by atoms with Crippen LogP contribution in [0.1, 0.15) is 51.0 Å². The summed E-state index contributed by atoms with van der Waals surface area (Å²) in [4.78, 5) is 4.33. The number of halogens is 2. The Morgan fingerprint density at radius 3 is 2.62 bits per heavy atom. The van der Waals surface area contributed by atoms with Crippen molar-refractivity contribution in [2.45, 2.75) is 45.7 Å². The van der Waals surface area contributed by atoms with E-state index in [1.165, 1.54) is 6.07 Å². The lowest BCUT2D eigenvalue weighted by atomic mass is 9.96. The summed E-state index contributed by atoms with van der Waals surface area (Å²) < 4.78 is 31.8. The maximum absolute atomic E-state index is 13.5. The van der Waals surface area contributed by atoms with Gasteiger partial charge >= 0.3 is 0 Å².